The molecule has 0 bridgehead atoms. The SMILES string of the molecule is CCOc1cc([C@@H](C)N(CCOC(C)(C)c2ccccc2)C(=O)NC2(C(=O)O)CC(F)(F)C2)cc(OCC)c1C1CC1. The van der Waals surface area contributed by atoms with Crippen LogP contribution in [0.1, 0.15) is 89.0 Å². The summed E-state index contributed by atoms with van der Waals surface area (Å²) in [5, 5.41) is 12.2. The van der Waals surface area contributed by atoms with Crippen molar-refractivity contribution in [3.05, 3.63) is 59.2 Å². The zero-order valence-electron chi connectivity index (χ0n) is 25.0. The molecule has 2 amide bonds. The molecule has 2 N–H and O–H groups in total. The molecule has 230 valence electrons. The van der Waals surface area contributed by atoms with Gasteiger partial charge in [0.05, 0.1) is 31.5 Å². The van der Waals surface area contributed by atoms with Crippen LogP contribution in [0, 0.1) is 0 Å². The molecule has 0 saturated heterocycles. The molecule has 0 radical (unpaired) electrons. The summed E-state index contributed by atoms with van der Waals surface area (Å²) < 4.78 is 45.9. The van der Waals surface area contributed by atoms with Crippen molar-refractivity contribution in [2.75, 3.05) is 26.4 Å². The Balaban J connectivity index is 1.63. The van der Waals surface area contributed by atoms with Gasteiger partial charge in [-0.1, -0.05) is 30.3 Å². The number of hydrogen-bond donors (Lipinski definition) is 2. The predicted octanol–water partition coefficient (Wildman–Crippen LogP) is 6.64. The molecule has 0 unspecified atom stereocenters. The first-order valence-corrected chi connectivity index (χ1v) is 14.7. The van der Waals surface area contributed by atoms with Gasteiger partial charge in [0.2, 0.25) is 0 Å². The smallest absolute Gasteiger partial charge is 0.329 e. The van der Waals surface area contributed by atoms with Crippen LogP contribution in [0.5, 0.6) is 11.5 Å². The summed E-state index contributed by atoms with van der Waals surface area (Å²) in [5.74, 6) is -2.91. The highest BCUT2D eigenvalue weighted by Crippen LogP contribution is 2.50. The number of amides is 2. The summed E-state index contributed by atoms with van der Waals surface area (Å²) >= 11 is 0. The number of carboxylic acids is 1. The number of aliphatic carboxylic acids is 1. The van der Waals surface area contributed by atoms with Crippen molar-refractivity contribution < 1.29 is 37.7 Å². The first-order valence-electron chi connectivity index (χ1n) is 14.7. The number of carbonyl (C=O) groups is 2. The van der Waals surface area contributed by atoms with E-state index in [1.54, 1.807) is 0 Å². The second kappa shape index (κ2) is 12.5. The lowest BCUT2D eigenvalue weighted by Gasteiger charge is -2.45. The first-order chi connectivity index (χ1) is 19.8. The lowest BCUT2D eigenvalue weighted by atomic mass is 9.73. The average Bonchev–Trinajstić information content (AvgIpc) is 3.75. The summed E-state index contributed by atoms with van der Waals surface area (Å²) in [7, 11) is 0. The van der Waals surface area contributed by atoms with Crippen LogP contribution in [0.25, 0.3) is 0 Å². The van der Waals surface area contributed by atoms with Crippen LogP contribution in [0.3, 0.4) is 0 Å². The molecule has 0 spiro atoms. The maximum Gasteiger partial charge on any atom is 0.329 e. The van der Waals surface area contributed by atoms with Crippen LogP contribution in [0.15, 0.2) is 42.5 Å². The third-order valence-corrected chi connectivity index (χ3v) is 8.06. The Hall–Kier alpha value is -3.40. The third-order valence-electron chi connectivity index (χ3n) is 8.06. The van der Waals surface area contributed by atoms with E-state index in [-0.39, 0.29) is 13.2 Å². The minimum Gasteiger partial charge on any atom is -0.493 e. The summed E-state index contributed by atoms with van der Waals surface area (Å²) in [6.45, 7) is 10.5. The lowest BCUT2D eigenvalue weighted by molar-refractivity contribution is -0.175. The fraction of sp³-hybridized carbons (Fsp3) is 0.562. The van der Waals surface area contributed by atoms with E-state index in [2.05, 4.69) is 5.32 Å². The predicted molar refractivity (Wildman–Crippen MR) is 154 cm³/mol. The van der Waals surface area contributed by atoms with Crippen LogP contribution in [-0.2, 0) is 15.1 Å². The number of alkyl halides is 2. The van der Waals surface area contributed by atoms with Gasteiger partial charge in [-0.05, 0) is 76.6 Å². The molecule has 2 aromatic rings. The highest BCUT2D eigenvalue weighted by molar-refractivity contribution is 5.88. The molecule has 2 aliphatic carbocycles. The molecule has 0 heterocycles. The van der Waals surface area contributed by atoms with E-state index in [0.29, 0.717) is 36.2 Å². The van der Waals surface area contributed by atoms with Gasteiger partial charge in [0, 0.05) is 24.9 Å². The van der Waals surface area contributed by atoms with Crippen LogP contribution in [0.4, 0.5) is 13.6 Å². The number of rotatable bonds is 14. The number of carbonyl (C=O) groups excluding carboxylic acids is 1. The van der Waals surface area contributed by atoms with E-state index in [9.17, 15) is 23.5 Å². The monoisotopic (exact) mass is 588 g/mol. The zero-order chi connectivity index (χ0) is 30.7. The topological polar surface area (TPSA) is 97.3 Å². The number of halogens is 2. The quantitative estimate of drug-likeness (QED) is 0.257. The molecular weight excluding hydrogens is 546 g/mol. The van der Waals surface area contributed by atoms with Gasteiger partial charge in [-0.2, -0.15) is 0 Å². The van der Waals surface area contributed by atoms with Crippen molar-refractivity contribution in [3.8, 4) is 11.5 Å². The molecule has 2 fully saturated rings. The van der Waals surface area contributed by atoms with E-state index in [1.165, 1.54) is 4.90 Å². The standard InChI is InChI=1S/C32H42F2N2O6/c1-6-40-25-17-23(18-26(41-7-2)27(25)22-13-14-22)21(3)36(15-16-42-30(4,5)24-11-9-8-10-12-24)29(39)35-31(28(37)38)19-32(33,34)20-31/h8-12,17-18,21-22H,6-7,13-16,19-20H2,1-5H3,(H,35,39)(H,37,38)/t21-/m1/s1. The lowest BCUT2D eigenvalue weighted by Crippen LogP contribution is -2.68. The number of carboxylic acid groups (broad SMARTS) is 1. The van der Waals surface area contributed by atoms with E-state index in [0.717, 1.165) is 24.0 Å². The fourth-order valence-corrected chi connectivity index (χ4v) is 5.56. The summed E-state index contributed by atoms with van der Waals surface area (Å²) in [5.41, 5.74) is -0.0201. The second-order valence-corrected chi connectivity index (χ2v) is 11.7. The van der Waals surface area contributed by atoms with Gasteiger partial charge in [0.15, 0.2) is 5.54 Å². The van der Waals surface area contributed by atoms with E-state index < -0.39 is 47.9 Å². The number of ether oxygens (including phenoxy) is 3. The van der Waals surface area contributed by atoms with Gasteiger partial charge < -0.3 is 29.5 Å². The molecule has 10 heteroatoms. The van der Waals surface area contributed by atoms with Crippen molar-refractivity contribution in [2.45, 2.75) is 89.3 Å². The Morgan fingerprint density at radius 3 is 2.12 bits per heavy atom. The maximum atomic E-state index is 13.8. The van der Waals surface area contributed by atoms with Gasteiger partial charge in [-0.15, -0.1) is 0 Å². The minimum absolute atomic E-state index is 0.0771. The largest absolute Gasteiger partial charge is 0.493 e. The summed E-state index contributed by atoms with van der Waals surface area (Å²) in [6.07, 6.45) is 0.167. The second-order valence-electron chi connectivity index (χ2n) is 11.7. The molecule has 42 heavy (non-hydrogen) atoms. The van der Waals surface area contributed by atoms with Crippen molar-refractivity contribution in [1.82, 2.24) is 10.2 Å². The minimum atomic E-state index is -3.15. The van der Waals surface area contributed by atoms with Crippen LogP contribution in [-0.4, -0.2) is 59.8 Å². The van der Waals surface area contributed by atoms with E-state index in [4.69, 9.17) is 14.2 Å². The number of nitrogens with zero attached hydrogens (tertiary/aromatic N) is 1. The first kappa shape index (κ1) is 31.5. The number of urea groups is 1. The Morgan fingerprint density at radius 2 is 1.64 bits per heavy atom. The molecule has 2 saturated carbocycles. The molecule has 1 atom stereocenters. The molecule has 4 rings (SSSR count). The number of nitrogens with one attached hydrogen (secondary N) is 1. The van der Waals surface area contributed by atoms with Gasteiger partial charge in [-0.25, -0.2) is 18.4 Å². The molecule has 0 aromatic heterocycles. The Labute approximate surface area is 246 Å². The molecule has 0 aliphatic heterocycles. The van der Waals surface area contributed by atoms with Gasteiger partial charge >= 0.3 is 12.0 Å². The molecule has 8 nitrogen and oxygen atoms in total. The van der Waals surface area contributed by atoms with Crippen LogP contribution < -0.4 is 14.8 Å². The number of hydrogen-bond acceptors (Lipinski definition) is 5. The van der Waals surface area contributed by atoms with E-state index in [1.807, 2.05) is 77.1 Å². The van der Waals surface area contributed by atoms with Gasteiger partial charge in [0.1, 0.15) is 11.5 Å². The maximum absolute atomic E-state index is 13.8. The van der Waals surface area contributed by atoms with Crippen molar-refractivity contribution in [3.63, 3.8) is 0 Å². The molecule has 2 aromatic carbocycles. The van der Waals surface area contributed by atoms with Crippen LogP contribution >= 0.6 is 0 Å². The summed E-state index contributed by atoms with van der Waals surface area (Å²) in [6, 6.07) is 12.1. The summed E-state index contributed by atoms with van der Waals surface area (Å²) in [4.78, 5) is 27.1. The van der Waals surface area contributed by atoms with E-state index >= 15 is 0 Å². The molecule has 2 aliphatic rings. The highest BCUT2D eigenvalue weighted by atomic mass is 19.3. The number of benzene rings is 2. The van der Waals surface area contributed by atoms with Gasteiger partial charge in [-0.3, -0.25) is 0 Å². The molecular formula is C32H42F2N2O6. The van der Waals surface area contributed by atoms with Crippen molar-refractivity contribution in [2.24, 2.45) is 0 Å². The van der Waals surface area contributed by atoms with Crippen molar-refractivity contribution in [1.29, 1.82) is 0 Å². The Morgan fingerprint density at radius 1 is 1.07 bits per heavy atom. The fourth-order valence-electron chi connectivity index (χ4n) is 5.56. The zero-order valence-corrected chi connectivity index (χ0v) is 25.0. The Kier molecular flexibility index (Phi) is 9.35. The van der Waals surface area contributed by atoms with Crippen LogP contribution in [0.2, 0.25) is 0 Å². The third kappa shape index (κ3) is 6.97. The normalized spacial score (nSPS) is 18.0. The van der Waals surface area contributed by atoms with Gasteiger partial charge in [0.25, 0.3) is 5.92 Å². The highest BCUT2D eigenvalue weighted by Gasteiger charge is 2.62. The average molecular weight is 589 g/mol. The van der Waals surface area contributed by atoms with Crippen molar-refractivity contribution >= 4 is 12.0 Å². The Bertz CT molecular complexity index is 1230.